The first-order valence-corrected chi connectivity index (χ1v) is 6.79. The van der Waals surface area contributed by atoms with Crippen LogP contribution >= 0.6 is 0 Å². The molecule has 0 atom stereocenters. The topological polar surface area (TPSA) is 68.0 Å². The van der Waals surface area contributed by atoms with Crippen LogP contribution in [0.15, 0.2) is 42.6 Å². The Kier molecular flexibility index (Phi) is 4.85. The van der Waals surface area contributed by atoms with E-state index in [1.807, 2.05) is 24.3 Å². The van der Waals surface area contributed by atoms with Crippen molar-refractivity contribution in [1.29, 1.82) is 0 Å². The molecule has 4 nitrogen and oxygen atoms in total. The van der Waals surface area contributed by atoms with Crippen LogP contribution in [0.1, 0.15) is 35.0 Å². The van der Waals surface area contributed by atoms with Gasteiger partial charge in [-0.3, -0.25) is 9.78 Å². The summed E-state index contributed by atoms with van der Waals surface area (Å²) >= 11 is 0. The summed E-state index contributed by atoms with van der Waals surface area (Å²) in [6.07, 6.45) is 3.59. The number of rotatable bonds is 5. The lowest BCUT2D eigenvalue weighted by Gasteiger charge is -2.10. The van der Waals surface area contributed by atoms with Crippen LogP contribution in [-0.4, -0.2) is 10.9 Å². The number of aromatic nitrogens is 1. The van der Waals surface area contributed by atoms with E-state index in [2.05, 4.69) is 17.2 Å². The van der Waals surface area contributed by atoms with Crippen molar-refractivity contribution in [3.63, 3.8) is 0 Å². The maximum absolute atomic E-state index is 12.3. The number of nitrogens with two attached hydrogens (primary N) is 1. The summed E-state index contributed by atoms with van der Waals surface area (Å²) in [5, 5.41) is 2.96. The average Bonchev–Trinajstić information content (AvgIpc) is 2.49. The summed E-state index contributed by atoms with van der Waals surface area (Å²) in [6.45, 7) is 2.45. The van der Waals surface area contributed by atoms with Gasteiger partial charge in [0.25, 0.3) is 5.91 Å². The van der Waals surface area contributed by atoms with Gasteiger partial charge in [-0.2, -0.15) is 0 Å². The Bertz CT molecular complexity index is 596. The molecule has 1 heterocycles. The fraction of sp³-hybridized carbons (Fsp3) is 0.250. The van der Waals surface area contributed by atoms with Crippen molar-refractivity contribution in [3.8, 4) is 0 Å². The molecule has 0 unspecified atom stereocenters. The minimum atomic E-state index is -0.134. The highest BCUT2D eigenvalue weighted by molar-refractivity contribution is 6.04. The minimum absolute atomic E-state index is 0.134. The maximum Gasteiger partial charge on any atom is 0.255 e. The van der Waals surface area contributed by atoms with E-state index in [0.717, 1.165) is 24.1 Å². The van der Waals surface area contributed by atoms with Gasteiger partial charge in [0.2, 0.25) is 0 Å². The van der Waals surface area contributed by atoms with Gasteiger partial charge in [-0.1, -0.05) is 31.5 Å². The Morgan fingerprint density at radius 1 is 1.30 bits per heavy atom. The first-order valence-electron chi connectivity index (χ1n) is 6.79. The number of nitrogens with one attached hydrogen (secondary N) is 1. The van der Waals surface area contributed by atoms with Gasteiger partial charge in [0, 0.05) is 24.0 Å². The fourth-order valence-corrected chi connectivity index (χ4v) is 2.06. The number of nitrogens with zero attached hydrogens (tertiary/aromatic N) is 1. The third-order valence-corrected chi connectivity index (χ3v) is 3.07. The zero-order valence-corrected chi connectivity index (χ0v) is 11.6. The van der Waals surface area contributed by atoms with Crippen molar-refractivity contribution in [2.75, 3.05) is 5.32 Å². The summed E-state index contributed by atoms with van der Waals surface area (Å²) < 4.78 is 0. The van der Waals surface area contributed by atoms with Crippen molar-refractivity contribution in [2.45, 2.75) is 26.3 Å². The number of pyridine rings is 1. The number of para-hydroxylation sites is 1. The van der Waals surface area contributed by atoms with Crippen LogP contribution < -0.4 is 11.1 Å². The molecular formula is C16H19N3O. The van der Waals surface area contributed by atoms with Gasteiger partial charge in [-0.15, -0.1) is 0 Å². The lowest BCUT2D eigenvalue weighted by Crippen LogP contribution is -2.14. The molecular weight excluding hydrogens is 250 g/mol. The molecule has 1 aromatic carbocycles. The largest absolute Gasteiger partial charge is 0.325 e. The van der Waals surface area contributed by atoms with Crippen molar-refractivity contribution >= 4 is 11.6 Å². The molecule has 4 heteroatoms. The Balaban J connectivity index is 2.19. The minimum Gasteiger partial charge on any atom is -0.325 e. The molecule has 0 saturated carbocycles. The standard InChI is InChI=1S/C16H19N3O/c1-2-5-12-6-3-4-7-15(12)19-16(20)13-8-9-18-14(10-13)11-17/h3-4,6-10H,2,5,11,17H2,1H3,(H,19,20). The molecule has 0 fully saturated rings. The molecule has 2 aromatic rings. The quantitative estimate of drug-likeness (QED) is 0.877. The Hall–Kier alpha value is -2.20. The monoisotopic (exact) mass is 269 g/mol. The molecule has 0 radical (unpaired) electrons. The number of amides is 1. The Labute approximate surface area is 119 Å². The molecule has 2 rings (SSSR count). The number of anilines is 1. The Morgan fingerprint density at radius 2 is 2.10 bits per heavy atom. The number of benzene rings is 1. The molecule has 0 aliphatic heterocycles. The van der Waals surface area contributed by atoms with Gasteiger partial charge in [0.15, 0.2) is 0 Å². The molecule has 1 amide bonds. The van der Waals surface area contributed by atoms with E-state index in [-0.39, 0.29) is 5.91 Å². The van der Waals surface area contributed by atoms with Gasteiger partial charge in [0.05, 0.1) is 5.69 Å². The van der Waals surface area contributed by atoms with Crippen molar-refractivity contribution in [1.82, 2.24) is 4.98 Å². The summed E-state index contributed by atoms with van der Waals surface area (Å²) in [4.78, 5) is 16.3. The van der Waals surface area contributed by atoms with E-state index >= 15 is 0 Å². The fourth-order valence-electron chi connectivity index (χ4n) is 2.06. The lowest BCUT2D eigenvalue weighted by atomic mass is 10.1. The molecule has 20 heavy (non-hydrogen) atoms. The van der Waals surface area contributed by atoms with Crippen LogP contribution in [-0.2, 0) is 13.0 Å². The van der Waals surface area contributed by atoms with Gasteiger partial charge >= 0.3 is 0 Å². The number of aryl methyl sites for hydroxylation is 1. The smallest absolute Gasteiger partial charge is 0.255 e. The summed E-state index contributed by atoms with van der Waals surface area (Å²) in [5.41, 5.74) is 8.84. The van der Waals surface area contributed by atoms with Crippen LogP contribution in [0.2, 0.25) is 0 Å². The van der Waals surface area contributed by atoms with E-state index in [9.17, 15) is 4.79 Å². The highest BCUT2D eigenvalue weighted by atomic mass is 16.1. The van der Waals surface area contributed by atoms with Gasteiger partial charge in [-0.05, 0) is 30.2 Å². The normalized spacial score (nSPS) is 10.3. The molecule has 0 aliphatic carbocycles. The molecule has 0 aliphatic rings. The summed E-state index contributed by atoms with van der Waals surface area (Å²) in [5.74, 6) is -0.134. The predicted octanol–water partition coefficient (Wildman–Crippen LogP) is 2.75. The predicted molar refractivity (Wildman–Crippen MR) is 80.5 cm³/mol. The van der Waals surface area contributed by atoms with E-state index in [0.29, 0.717) is 17.8 Å². The second-order valence-corrected chi connectivity index (χ2v) is 4.60. The van der Waals surface area contributed by atoms with Crippen molar-refractivity contribution in [3.05, 3.63) is 59.4 Å². The third-order valence-electron chi connectivity index (χ3n) is 3.07. The maximum atomic E-state index is 12.3. The Morgan fingerprint density at radius 3 is 2.85 bits per heavy atom. The second kappa shape index (κ2) is 6.82. The lowest BCUT2D eigenvalue weighted by molar-refractivity contribution is 0.102. The summed E-state index contributed by atoms with van der Waals surface area (Å²) in [7, 11) is 0. The van der Waals surface area contributed by atoms with Gasteiger partial charge in [-0.25, -0.2) is 0 Å². The van der Waals surface area contributed by atoms with E-state index in [4.69, 9.17) is 5.73 Å². The number of hydrogen-bond acceptors (Lipinski definition) is 3. The molecule has 0 bridgehead atoms. The zero-order valence-electron chi connectivity index (χ0n) is 11.6. The van der Waals surface area contributed by atoms with Crippen LogP contribution in [0.25, 0.3) is 0 Å². The molecule has 0 spiro atoms. The third kappa shape index (κ3) is 3.42. The van der Waals surface area contributed by atoms with Gasteiger partial charge in [0.1, 0.15) is 0 Å². The molecule has 3 N–H and O–H groups in total. The summed E-state index contributed by atoms with van der Waals surface area (Å²) in [6, 6.07) is 11.3. The van der Waals surface area contributed by atoms with E-state index in [1.54, 1.807) is 18.3 Å². The number of hydrogen-bond donors (Lipinski definition) is 2. The first-order chi connectivity index (χ1) is 9.74. The highest BCUT2D eigenvalue weighted by Gasteiger charge is 2.09. The van der Waals surface area contributed by atoms with Crippen LogP contribution in [0, 0.1) is 0 Å². The van der Waals surface area contributed by atoms with Crippen LogP contribution in [0.4, 0.5) is 5.69 Å². The zero-order chi connectivity index (χ0) is 14.4. The number of carbonyl (C=O) groups is 1. The van der Waals surface area contributed by atoms with E-state index in [1.165, 1.54) is 0 Å². The molecule has 104 valence electrons. The average molecular weight is 269 g/mol. The van der Waals surface area contributed by atoms with Crippen molar-refractivity contribution in [2.24, 2.45) is 5.73 Å². The van der Waals surface area contributed by atoms with Crippen molar-refractivity contribution < 1.29 is 4.79 Å². The second-order valence-electron chi connectivity index (χ2n) is 4.60. The molecule has 0 saturated heterocycles. The SMILES string of the molecule is CCCc1ccccc1NC(=O)c1ccnc(CN)c1. The first kappa shape index (κ1) is 14.2. The van der Waals surface area contributed by atoms with Crippen LogP contribution in [0.3, 0.4) is 0 Å². The van der Waals surface area contributed by atoms with E-state index < -0.39 is 0 Å². The van der Waals surface area contributed by atoms with Crippen LogP contribution in [0.5, 0.6) is 0 Å². The number of carbonyl (C=O) groups excluding carboxylic acids is 1. The molecule has 1 aromatic heterocycles. The van der Waals surface area contributed by atoms with Gasteiger partial charge < -0.3 is 11.1 Å². The highest BCUT2D eigenvalue weighted by Crippen LogP contribution is 2.18.